The highest BCUT2D eigenvalue weighted by molar-refractivity contribution is 7.14. The van der Waals surface area contributed by atoms with Gasteiger partial charge in [0.1, 0.15) is 10.7 Å². The Morgan fingerprint density at radius 3 is 2.65 bits per heavy atom. The van der Waals surface area contributed by atoms with Crippen LogP contribution >= 0.6 is 11.3 Å². The highest BCUT2D eigenvalue weighted by Gasteiger charge is 2.10. The Labute approximate surface area is 105 Å². The molecular weight excluding hydrogens is 232 g/mol. The van der Waals surface area contributed by atoms with Gasteiger partial charge in [-0.1, -0.05) is 0 Å². The predicted octanol–water partition coefficient (Wildman–Crippen LogP) is 2.49. The van der Waals surface area contributed by atoms with Crippen LogP contribution in [-0.2, 0) is 6.54 Å². The van der Waals surface area contributed by atoms with Gasteiger partial charge in [0.2, 0.25) is 0 Å². The Kier molecular flexibility index (Phi) is 3.49. The lowest BCUT2D eigenvalue weighted by atomic mass is 10.1. The lowest BCUT2D eigenvalue weighted by molar-refractivity contribution is 0.426. The molecule has 5 heteroatoms. The van der Waals surface area contributed by atoms with E-state index in [9.17, 15) is 0 Å². The third-order valence-electron chi connectivity index (χ3n) is 2.13. The standard InChI is InChI=1S/C12H16N4S/c1-12(2,3)16-7-9-6-15-11(17-9)10-8-13-4-5-14-10/h4-6,8,16H,7H2,1-3H3. The Morgan fingerprint density at radius 2 is 2.00 bits per heavy atom. The number of thiazole rings is 1. The van der Waals surface area contributed by atoms with Gasteiger partial charge in [0, 0.05) is 35.6 Å². The van der Waals surface area contributed by atoms with E-state index in [0.29, 0.717) is 0 Å². The Bertz CT molecular complexity index is 473. The van der Waals surface area contributed by atoms with Gasteiger partial charge in [-0.3, -0.25) is 9.97 Å². The van der Waals surface area contributed by atoms with Gasteiger partial charge in [0.15, 0.2) is 0 Å². The first-order valence-corrected chi connectivity index (χ1v) is 6.32. The molecule has 4 nitrogen and oxygen atoms in total. The van der Waals surface area contributed by atoms with Gasteiger partial charge in [-0.05, 0) is 20.8 Å². The molecule has 0 atom stereocenters. The van der Waals surface area contributed by atoms with Gasteiger partial charge in [0.25, 0.3) is 0 Å². The molecule has 0 aromatic carbocycles. The van der Waals surface area contributed by atoms with Crippen molar-refractivity contribution in [1.82, 2.24) is 20.3 Å². The topological polar surface area (TPSA) is 50.7 Å². The summed E-state index contributed by atoms with van der Waals surface area (Å²) in [4.78, 5) is 13.9. The largest absolute Gasteiger partial charge is 0.307 e. The second kappa shape index (κ2) is 4.89. The smallest absolute Gasteiger partial charge is 0.143 e. The minimum Gasteiger partial charge on any atom is -0.307 e. The van der Waals surface area contributed by atoms with Crippen molar-refractivity contribution in [3.63, 3.8) is 0 Å². The van der Waals surface area contributed by atoms with Crippen molar-refractivity contribution < 1.29 is 0 Å². The van der Waals surface area contributed by atoms with E-state index in [1.165, 1.54) is 4.88 Å². The monoisotopic (exact) mass is 248 g/mol. The molecule has 0 radical (unpaired) electrons. The van der Waals surface area contributed by atoms with Crippen LogP contribution in [0.25, 0.3) is 10.7 Å². The minimum atomic E-state index is 0.122. The fourth-order valence-electron chi connectivity index (χ4n) is 1.27. The molecule has 90 valence electrons. The summed E-state index contributed by atoms with van der Waals surface area (Å²) in [5, 5.41) is 4.36. The predicted molar refractivity (Wildman–Crippen MR) is 69.7 cm³/mol. The van der Waals surface area contributed by atoms with Crippen LogP contribution in [0.5, 0.6) is 0 Å². The maximum atomic E-state index is 4.36. The van der Waals surface area contributed by atoms with Gasteiger partial charge in [-0.2, -0.15) is 0 Å². The van der Waals surface area contributed by atoms with Crippen molar-refractivity contribution in [1.29, 1.82) is 0 Å². The number of hydrogen-bond acceptors (Lipinski definition) is 5. The van der Waals surface area contributed by atoms with E-state index in [4.69, 9.17) is 0 Å². The van der Waals surface area contributed by atoms with E-state index >= 15 is 0 Å². The molecule has 0 aliphatic carbocycles. The van der Waals surface area contributed by atoms with Crippen LogP contribution in [0.1, 0.15) is 25.6 Å². The summed E-state index contributed by atoms with van der Waals surface area (Å²) in [5.74, 6) is 0. The fraction of sp³-hybridized carbons (Fsp3) is 0.417. The molecule has 2 aromatic rings. The highest BCUT2D eigenvalue weighted by Crippen LogP contribution is 2.22. The molecule has 0 unspecified atom stereocenters. The molecule has 2 heterocycles. The van der Waals surface area contributed by atoms with Gasteiger partial charge in [-0.15, -0.1) is 11.3 Å². The average Bonchev–Trinajstić information content (AvgIpc) is 2.75. The van der Waals surface area contributed by atoms with Crippen molar-refractivity contribution in [3.05, 3.63) is 29.7 Å². The number of hydrogen-bond donors (Lipinski definition) is 1. The molecule has 0 fully saturated rings. The molecule has 1 N–H and O–H groups in total. The van der Waals surface area contributed by atoms with Crippen LogP contribution in [0.15, 0.2) is 24.8 Å². The molecule has 0 saturated heterocycles. The van der Waals surface area contributed by atoms with Crippen molar-refractivity contribution in [3.8, 4) is 10.7 Å². The summed E-state index contributed by atoms with van der Waals surface area (Å²) in [6.45, 7) is 7.29. The normalized spacial score (nSPS) is 11.7. The third kappa shape index (κ3) is 3.57. The number of aromatic nitrogens is 3. The molecule has 0 aliphatic heterocycles. The molecule has 0 amide bonds. The maximum Gasteiger partial charge on any atom is 0.143 e. The van der Waals surface area contributed by atoms with Crippen LogP contribution in [0.3, 0.4) is 0 Å². The lowest BCUT2D eigenvalue weighted by Crippen LogP contribution is -2.34. The number of rotatable bonds is 3. The Hall–Kier alpha value is -1.33. The SMILES string of the molecule is CC(C)(C)NCc1cnc(-c2cnccn2)s1. The van der Waals surface area contributed by atoms with Gasteiger partial charge in [0.05, 0.1) is 6.20 Å². The molecule has 2 aromatic heterocycles. The minimum absolute atomic E-state index is 0.122. The first-order chi connectivity index (χ1) is 8.04. The zero-order chi connectivity index (χ0) is 12.3. The van der Waals surface area contributed by atoms with E-state index in [0.717, 1.165) is 17.2 Å². The molecule has 17 heavy (non-hydrogen) atoms. The molecule has 0 saturated carbocycles. The van der Waals surface area contributed by atoms with Crippen LogP contribution in [-0.4, -0.2) is 20.5 Å². The summed E-state index contributed by atoms with van der Waals surface area (Å²) >= 11 is 1.65. The fourth-order valence-corrected chi connectivity index (χ4v) is 2.08. The maximum absolute atomic E-state index is 4.36. The molecule has 0 bridgehead atoms. The van der Waals surface area contributed by atoms with Crippen LogP contribution < -0.4 is 5.32 Å². The van der Waals surface area contributed by atoms with E-state index < -0.39 is 0 Å². The second-order valence-electron chi connectivity index (χ2n) is 4.83. The van der Waals surface area contributed by atoms with Crippen molar-refractivity contribution >= 4 is 11.3 Å². The lowest BCUT2D eigenvalue weighted by Gasteiger charge is -2.19. The number of nitrogens with one attached hydrogen (secondary N) is 1. The number of nitrogens with zero attached hydrogens (tertiary/aromatic N) is 3. The average molecular weight is 248 g/mol. The Balaban J connectivity index is 2.07. The first kappa shape index (κ1) is 12.1. The van der Waals surface area contributed by atoms with Crippen molar-refractivity contribution in [2.45, 2.75) is 32.9 Å². The second-order valence-corrected chi connectivity index (χ2v) is 5.94. The van der Waals surface area contributed by atoms with Crippen molar-refractivity contribution in [2.24, 2.45) is 0 Å². The molecular formula is C12H16N4S. The Morgan fingerprint density at radius 1 is 1.18 bits per heavy atom. The summed E-state index contributed by atoms with van der Waals surface area (Å²) < 4.78 is 0. The zero-order valence-corrected chi connectivity index (χ0v) is 11.1. The van der Waals surface area contributed by atoms with Gasteiger partial charge in [-0.25, -0.2) is 4.98 Å². The molecule has 0 aliphatic rings. The van der Waals surface area contributed by atoms with Crippen LogP contribution in [0.4, 0.5) is 0 Å². The quantitative estimate of drug-likeness (QED) is 0.906. The zero-order valence-electron chi connectivity index (χ0n) is 10.3. The van der Waals surface area contributed by atoms with E-state index in [-0.39, 0.29) is 5.54 Å². The summed E-state index contributed by atoms with van der Waals surface area (Å²) in [7, 11) is 0. The van der Waals surface area contributed by atoms with E-state index in [1.807, 2.05) is 6.20 Å². The summed E-state index contributed by atoms with van der Waals surface area (Å²) in [6, 6.07) is 0. The van der Waals surface area contributed by atoms with Crippen LogP contribution in [0, 0.1) is 0 Å². The summed E-state index contributed by atoms with van der Waals surface area (Å²) in [6.07, 6.45) is 6.98. The highest BCUT2D eigenvalue weighted by atomic mass is 32.1. The molecule has 0 spiro atoms. The van der Waals surface area contributed by atoms with Gasteiger partial charge >= 0.3 is 0 Å². The third-order valence-corrected chi connectivity index (χ3v) is 3.15. The van der Waals surface area contributed by atoms with E-state index in [2.05, 4.69) is 41.0 Å². The van der Waals surface area contributed by atoms with Crippen molar-refractivity contribution in [2.75, 3.05) is 0 Å². The van der Waals surface area contributed by atoms with Gasteiger partial charge < -0.3 is 5.32 Å². The first-order valence-electron chi connectivity index (χ1n) is 5.51. The molecule has 2 rings (SSSR count). The summed E-state index contributed by atoms with van der Waals surface area (Å²) in [5.41, 5.74) is 0.955. The van der Waals surface area contributed by atoms with E-state index in [1.54, 1.807) is 29.9 Å². The van der Waals surface area contributed by atoms with Crippen LogP contribution in [0.2, 0.25) is 0 Å².